The molecule has 1 amide bonds. The summed E-state index contributed by atoms with van der Waals surface area (Å²) < 4.78 is 6.62. The van der Waals surface area contributed by atoms with Gasteiger partial charge in [0.05, 0.1) is 6.61 Å². The first kappa shape index (κ1) is 21.2. The molecular weight excluding hydrogens is 394 g/mol. The molecule has 2 N–H and O–H groups in total. The Morgan fingerprint density at radius 2 is 2.08 bits per heavy atom. The number of nitrogens with zero attached hydrogens (tertiary/aromatic N) is 1. The number of carbonyl (C=O) groups excluding carboxylic acids is 1. The van der Waals surface area contributed by atoms with Crippen molar-refractivity contribution in [1.29, 1.82) is 0 Å². The van der Waals surface area contributed by atoms with Crippen LogP contribution in [0.5, 0.6) is 5.75 Å². The number of hydrogen-bond acceptors (Lipinski definition) is 4. The SMILES string of the molecule is Cl.O=C(CCCOc1cccc(Br)c1)NCCCN1CCNCC1. The van der Waals surface area contributed by atoms with E-state index < -0.39 is 0 Å². The molecule has 1 aliphatic heterocycles. The zero-order chi connectivity index (χ0) is 16.3. The number of amides is 1. The van der Waals surface area contributed by atoms with Crippen molar-refractivity contribution in [2.75, 3.05) is 45.9 Å². The van der Waals surface area contributed by atoms with E-state index in [0.29, 0.717) is 13.0 Å². The average Bonchev–Trinajstić information content (AvgIpc) is 2.57. The summed E-state index contributed by atoms with van der Waals surface area (Å²) in [6.45, 7) is 6.75. The molecule has 1 aliphatic rings. The van der Waals surface area contributed by atoms with Gasteiger partial charge in [-0.05, 0) is 37.6 Å². The molecule has 1 aromatic carbocycles. The van der Waals surface area contributed by atoms with Gasteiger partial charge in [-0.3, -0.25) is 4.79 Å². The first-order chi connectivity index (χ1) is 11.2. The third kappa shape index (κ3) is 8.87. The van der Waals surface area contributed by atoms with Crippen LogP contribution in [0.2, 0.25) is 0 Å². The number of halogens is 2. The van der Waals surface area contributed by atoms with Gasteiger partial charge in [0.25, 0.3) is 0 Å². The van der Waals surface area contributed by atoms with Crippen LogP contribution in [0.4, 0.5) is 0 Å². The normalized spacial score (nSPS) is 14.7. The van der Waals surface area contributed by atoms with Crippen molar-refractivity contribution in [3.8, 4) is 5.75 Å². The summed E-state index contributed by atoms with van der Waals surface area (Å²) in [6, 6.07) is 7.74. The van der Waals surface area contributed by atoms with Crippen molar-refractivity contribution >= 4 is 34.2 Å². The van der Waals surface area contributed by atoms with Crippen LogP contribution in [0.1, 0.15) is 19.3 Å². The van der Waals surface area contributed by atoms with Gasteiger partial charge in [0.2, 0.25) is 5.91 Å². The van der Waals surface area contributed by atoms with Crippen molar-refractivity contribution in [3.05, 3.63) is 28.7 Å². The van der Waals surface area contributed by atoms with Gasteiger partial charge in [0, 0.05) is 43.6 Å². The van der Waals surface area contributed by atoms with Crippen LogP contribution in [0, 0.1) is 0 Å². The third-order valence-electron chi connectivity index (χ3n) is 3.80. The molecule has 24 heavy (non-hydrogen) atoms. The van der Waals surface area contributed by atoms with Crippen LogP contribution in [0.3, 0.4) is 0 Å². The second kappa shape index (κ2) is 12.5. The molecule has 0 saturated carbocycles. The number of hydrogen-bond donors (Lipinski definition) is 2. The van der Waals surface area contributed by atoms with E-state index in [1.165, 1.54) is 0 Å². The lowest BCUT2D eigenvalue weighted by Crippen LogP contribution is -2.44. The quantitative estimate of drug-likeness (QED) is 0.603. The molecule has 0 bridgehead atoms. The highest BCUT2D eigenvalue weighted by Crippen LogP contribution is 2.17. The van der Waals surface area contributed by atoms with Crippen molar-refractivity contribution in [2.24, 2.45) is 0 Å². The van der Waals surface area contributed by atoms with E-state index in [9.17, 15) is 4.79 Å². The highest BCUT2D eigenvalue weighted by molar-refractivity contribution is 9.10. The molecule has 0 atom stereocenters. The smallest absolute Gasteiger partial charge is 0.220 e. The molecular formula is C17H27BrClN3O2. The predicted octanol–water partition coefficient (Wildman–Crippen LogP) is 2.44. The second-order valence-corrected chi connectivity index (χ2v) is 6.62. The summed E-state index contributed by atoms with van der Waals surface area (Å²) in [5.41, 5.74) is 0. The third-order valence-corrected chi connectivity index (χ3v) is 4.29. The molecule has 0 spiro atoms. The Morgan fingerprint density at radius 1 is 1.29 bits per heavy atom. The molecule has 1 heterocycles. The molecule has 1 aromatic rings. The minimum atomic E-state index is 0. The minimum Gasteiger partial charge on any atom is -0.494 e. The highest BCUT2D eigenvalue weighted by Gasteiger charge is 2.08. The summed E-state index contributed by atoms with van der Waals surface area (Å²) in [6.07, 6.45) is 2.26. The van der Waals surface area contributed by atoms with Gasteiger partial charge in [-0.2, -0.15) is 0 Å². The molecule has 2 rings (SSSR count). The van der Waals surface area contributed by atoms with E-state index >= 15 is 0 Å². The zero-order valence-corrected chi connectivity index (χ0v) is 16.3. The van der Waals surface area contributed by atoms with Crippen LogP contribution >= 0.6 is 28.3 Å². The second-order valence-electron chi connectivity index (χ2n) is 5.70. The summed E-state index contributed by atoms with van der Waals surface area (Å²) in [7, 11) is 0. The lowest BCUT2D eigenvalue weighted by molar-refractivity contribution is -0.121. The van der Waals surface area contributed by atoms with Gasteiger partial charge in [0.15, 0.2) is 0 Å². The first-order valence-electron chi connectivity index (χ1n) is 8.32. The molecule has 136 valence electrons. The topological polar surface area (TPSA) is 53.6 Å². The van der Waals surface area contributed by atoms with Crippen molar-refractivity contribution in [2.45, 2.75) is 19.3 Å². The van der Waals surface area contributed by atoms with Gasteiger partial charge in [-0.1, -0.05) is 22.0 Å². The van der Waals surface area contributed by atoms with E-state index in [0.717, 1.165) is 62.3 Å². The summed E-state index contributed by atoms with van der Waals surface area (Å²) in [4.78, 5) is 14.2. The zero-order valence-electron chi connectivity index (χ0n) is 13.9. The molecule has 0 unspecified atom stereocenters. The number of benzene rings is 1. The monoisotopic (exact) mass is 419 g/mol. The summed E-state index contributed by atoms with van der Waals surface area (Å²) >= 11 is 3.41. The van der Waals surface area contributed by atoms with Crippen molar-refractivity contribution < 1.29 is 9.53 Å². The number of rotatable bonds is 9. The fourth-order valence-corrected chi connectivity index (χ4v) is 2.91. The van der Waals surface area contributed by atoms with Crippen LogP contribution in [0.15, 0.2) is 28.7 Å². The minimum absolute atomic E-state index is 0. The molecule has 7 heteroatoms. The van der Waals surface area contributed by atoms with E-state index in [2.05, 4.69) is 31.5 Å². The van der Waals surface area contributed by atoms with Crippen molar-refractivity contribution in [1.82, 2.24) is 15.5 Å². The standard InChI is InChI=1S/C17H26BrN3O2.ClH/c18-15-4-1-5-16(14-15)23-13-2-6-17(22)20-7-3-10-21-11-8-19-9-12-21;/h1,4-5,14,19H,2-3,6-13H2,(H,20,22);1H. The Morgan fingerprint density at radius 3 is 2.83 bits per heavy atom. The number of carbonyl (C=O) groups is 1. The molecule has 1 saturated heterocycles. The van der Waals surface area contributed by atoms with E-state index in [-0.39, 0.29) is 18.3 Å². The maximum Gasteiger partial charge on any atom is 0.220 e. The van der Waals surface area contributed by atoms with Gasteiger partial charge in [0.1, 0.15) is 5.75 Å². The first-order valence-corrected chi connectivity index (χ1v) is 9.11. The Hall–Kier alpha value is -0.820. The lowest BCUT2D eigenvalue weighted by Gasteiger charge is -2.27. The van der Waals surface area contributed by atoms with Crippen LogP contribution in [-0.4, -0.2) is 56.7 Å². The van der Waals surface area contributed by atoms with E-state index in [1.54, 1.807) is 0 Å². The van der Waals surface area contributed by atoms with Gasteiger partial charge in [-0.25, -0.2) is 0 Å². The Balaban J connectivity index is 0.00000288. The van der Waals surface area contributed by atoms with Crippen molar-refractivity contribution in [3.63, 3.8) is 0 Å². The van der Waals surface area contributed by atoms with Gasteiger partial charge >= 0.3 is 0 Å². The average molecular weight is 421 g/mol. The number of nitrogens with one attached hydrogen (secondary N) is 2. The van der Waals surface area contributed by atoms with Crippen LogP contribution < -0.4 is 15.4 Å². The van der Waals surface area contributed by atoms with Crippen LogP contribution in [0.25, 0.3) is 0 Å². The van der Waals surface area contributed by atoms with E-state index in [4.69, 9.17) is 4.74 Å². The number of ether oxygens (including phenoxy) is 1. The largest absolute Gasteiger partial charge is 0.494 e. The van der Waals surface area contributed by atoms with Gasteiger partial charge in [-0.15, -0.1) is 12.4 Å². The molecule has 5 nitrogen and oxygen atoms in total. The lowest BCUT2D eigenvalue weighted by atomic mass is 10.3. The van der Waals surface area contributed by atoms with Crippen LogP contribution in [-0.2, 0) is 4.79 Å². The van der Waals surface area contributed by atoms with E-state index in [1.807, 2.05) is 24.3 Å². The maximum atomic E-state index is 11.8. The highest BCUT2D eigenvalue weighted by atomic mass is 79.9. The summed E-state index contributed by atoms with van der Waals surface area (Å²) in [5.74, 6) is 0.943. The van der Waals surface area contributed by atoms with Gasteiger partial charge < -0.3 is 20.3 Å². The predicted molar refractivity (Wildman–Crippen MR) is 103 cm³/mol. The molecule has 0 aliphatic carbocycles. The number of piperazine rings is 1. The molecule has 0 radical (unpaired) electrons. The Kier molecular flexibility index (Phi) is 11.1. The Bertz CT molecular complexity index is 485. The summed E-state index contributed by atoms with van der Waals surface area (Å²) in [5, 5.41) is 6.33. The maximum absolute atomic E-state index is 11.8. The Labute approximate surface area is 159 Å². The fraction of sp³-hybridized carbons (Fsp3) is 0.588. The molecule has 1 fully saturated rings. The molecule has 0 aromatic heterocycles. The fourth-order valence-electron chi connectivity index (χ4n) is 2.53.